The summed E-state index contributed by atoms with van der Waals surface area (Å²) < 4.78 is 0. The molecule has 0 atom stereocenters. The van der Waals surface area contributed by atoms with Crippen molar-refractivity contribution in [3.63, 3.8) is 0 Å². The van der Waals surface area contributed by atoms with E-state index >= 15 is 0 Å². The molecule has 0 saturated carbocycles. The molecule has 0 aromatic heterocycles. The van der Waals surface area contributed by atoms with E-state index in [1.807, 2.05) is 6.07 Å². The number of hydrogen-bond acceptors (Lipinski definition) is 1. The maximum absolute atomic E-state index is 4.18. The molecule has 17 heavy (non-hydrogen) atoms. The molecule has 0 aliphatic carbocycles. The molecule has 0 aliphatic rings. The Bertz CT molecular complexity index is 469. The van der Waals surface area contributed by atoms with Crippen LogP contribution in [-0.4, -0.2) is 5.75 Å². The van der Waals surface area contributed by atoms with E-state index in [2.05, 4.69) is 73.3 Å². The van der Waals surface area contributed by atoms with E-state index in [1.54, 1.807) is 0 Å². The summed E-state index contributed by atoms with van der Waals surface area (Å²) in [6.07, 6.45) is 5.32. The maximum atomic E-state index is 4.18. The minimum absolute atomic E-state index is 0.901. The summed E-state index contributed by atoms with van der Waals surface area (Å²) >= 11 is 4.18. The molecule has 0 fully saturated rings. The van der Waals surface area contributed by atoms with E-state index in [0.717, 1.165) is 12.2 Å². The Balaban J connectivity index is 2.13. The van der Waals surface area contributed by atoms with Crippen LogP contribution in [0.15, 0.2) is 60.7 Å². The van der Waals surface area contributed by atoms with Gasteiger partial charge in [-0.25, -0.2) is 0 Å². The molecule has 0 saturated heterocycles. The second kappa shape index (κ2) is 6.31. The van der Waals surface area contributed by atoms with Crippen molar-refractivity contribution < 1.29 is 0 Å². The van der Waals surface area contributed by atoms with Crippen molar-refractivity contribution in [2.75, 3.05) is 5.75 Å². The van der Waals surface area contributed by atoms with Crippen molar-refractivity contribution in [1.82, 2.24) is 0 Å². The smallest absolute Gasteiger partial charge is 0.00632 e. The van der Waals surface area contributed by atoms with Crippen LogP contribution in [-0.2, 0) is 0 Å². The Kier molecular flexibility index (Phi) is 4.45. The minimum atomic E-state index is 0.901. The Morgan fingerprint density at radius 3 is 2.12 bits per heavy atom. The molecule has 0 bridgehead atoms. The van der Waals surface area contributed by atoms with E-state index in [0.29, 0.717) is 0 Å². The van der Waals surface area contributed by atoms with Gasteiger partial charge in [-0.1, -0.05) is 66.7 Å². The van der Waals surface area contributed by atoms with E-state index < -0.39 is 0 Å². The molecule has 86 valence electrons. The van der Waals surface area contributed by atoms with Gasteiger partial charge in [0, 0.05) is 0 Å². The normalized spacial score (nSPS) is 10.9. The first kappa shape index (κ1) is 12.0. The fourth-order valence-electron chi connectivity index (χ4n) is 1.71. The lowest BCUT2D eigenvalue weighted by molar-refractivity contribution is 1.26. The van der Waals surface area contributed by atoms with Crippen LogP contribution in [0, 0.1) is 0 Å². The van der Waals surface area contributed by atoms with Gasteiger partial charge in [-0.05, 0) is 28.9 Å². The van der Waals surface area contributed by atoms with Gasteiger partial charge in [-0.3, -0.25) is 0 Å². The summed E-state index contributed by atoms with van der Waals surface area (Å²) in [7, 11) is 0. The van der Waals surface area contributed by atoms with Crippen LogP contribution in [0.25, 0.3) is 17.2 Å². The van der Waals surface area contributed by atoms with Crippen LogP contribution < -0.4 is 0 Å². The Morgan fingerprint density at radius 2 is 1.47 bits per heavy atom. The molecule has 2 aromatic rings. The van der Waals surface area contributed by atoms with Crippen molar-refractivity contribution >= 4 is 18.7 Å². The van der Waals surface area contributed by atoms with E-state index in [-0.39, 0.29) is 0 Å². The summed E-state index contributed by atoms with van der Waals surface area (Å²) in [5.74, 6) is 0.901. The Hall–Kier alpha value is -1.47. The highest BCUT2D eigenvalue weighted by molar-refractivity contribution is 7.80. The standard InChI is InChI=1S/C16H16S/c17-13-5-4-6-14-9-11-16(12-10-14)15-7-2-1-3-8-15/h1-4,6-12,17H,5,13H2. The highest BCUT2D eigenvalue weighted by Crippen LogP contribution is 2.19. The van der Waals surface area contributed by atoms with E-state index in [9.17, 15) is 0 Å². The summed E-state index contributed by atoms with van der Waals surface area (Å²) in [4.78, 5) is 0. The average Bonchev–Trinajstić information content (AvgIpc) is 2.41. The molecule has 0 unspecified atom stereocenters. The molecule has 0 aliphatic heterocycles. The van der Waals surface area contributed by atoms with Gasteiger partial charge in [-0.2, -0.15) is 12.6 Å². The number of hydrogen-bond donors (Lipinski definition) is 1. The Labute approximate surface area is 108 Å². The van der Waals surface area contributed by atoms with Gasteiger partial charge < -0.3 is 0 Å². The fourth-order valence-corrected chi connectivity index (χ4v) is 1.86. The maximum Gasteiger partial charge on any atom is -0.00632 e. The van der Waals surface area contributed by atoms with Gasteiger partial charge >= 0.3 is 0 Å². The third kappa shape index (κ3) is 3.50. The summed E-state index contributed by atoms with van der Waals surface area (Å²) in [6, 6.07) is 19.1. The molecular formula is C16H16S. The zero-order valence-corrected chi connectivity index (χ0v) is 10.6. The van der Waals surface area contributed by atoms with Gasteiger partial charge in [0.2, 0.25) is 0 Å². The van der Waals surface area contributed by atoms with Crippen LogP contribution >= 0.6 is 12.6 Å². The average molecular weight is 240 g/mol. The Morgan fingerprint density at radius 1 is 0.824 bits per heavy atom. The fraction of sp³-hybridized carbons (Fsp3) is 0.125. The summed E-state index contributed by atoms with van der Waals surface area (Å²) in [6.45, 7) is 0. The molecule has 0 amide bonds. The molecule has 2 aromatic carbocycles. The number of benzene rings is 2. The highest BCUT2D eigenvalue weighted by Gasteiger charge is 1.95. The summed E-state index contributed by atoms with van der Waals surface area (Å²) in [5, 5.41) is 0. The lowest BCUT2D eigenvalue weighted by atomic mass is 10.0. The molecule has 0 heterocycles. The lowest BCUT2D eigenvalue weighted by Crippen LogP contribution is -1.78. The SMILES string of the molecule is SCCC=Cc1ccc(-c2ccccc2)cc1. The van der Waals surface area contributed by atoms with Crippen LogP contribution in [0.5, 0.6) is 0 Å². The van der Waals surface area contributed by atoms with Crippen molar-refractivity contribution in [1.29, 1.82) is 0 Å². The van der Waals surface area contributed by atoms with Gasteiger partial charge in [0.05, 0.1) is 0 Å². The van der Waals surface area contributed by atoms with Crippen LogP contribution in [0.2, 0.25) is 0 Å². The third-order valence-corrected chi connectivity index (χ3v) is 2.88. The first-order valence-electron chi connectivity index (χ1n) is 5.83. The second-order valence-corrected chi connectivity index (χ2v) is 4.35. The molecular weight excluding hydrogens is 224 g/mol. The van der Waals surface area contributed by atoms with E-state index in [4.69, 9.17) is 0 Å². The first-order valence-corrected chi connectivity index (χ1v) is 6.46. The van der Waals surface area contributed by atoms with Crippen LogP contribution in [0.3, 0.4) is 0 Å². The van der Waals surface area contributed by atoms with Crippen molar-refractivity contribution in [2.45, 2.75) is 6.42 Å². The summed E-state index contributed by atoms with van der Waals surface area (Å²) in [5.41, 5.74) is 3.77. The molecule has 1 heteroatoms. The predicted octanol–water partition coefficient (Wildman–Crippen LogP) is 4.69. The first-order chi connectivity index (χ1) is 8.40. The quantitative estimate of drug-likeness (QED) is 0.737. The third-order valence-electron chi connectivity index (χ3n) is 2.62. The largest absolute Gasteiger partial charge is 0.179 e. The van der Waals surface area contributed by atoms with Gasteiger partial charge in [0.15, 0.2) is 0 Å². The second-order valence-electron chi connectivity index (χ2n) is 3.90. The van der Waals surface area contributed by atoms with Crippen LogP contribution in [0.4, 0.5) is 0 Å². The number of allylic oxidation sites excluding steroid dienone is 1. The zero-order chi connectivity index (χ0) is 11.9. The van der Waals surface area contributed by atoms with Gasteiger partial charge in [0.25, 0.3) is 0 Å². The number of thiol groups is 1. The zero-order valence-electron chi connectivity index (χ0n) is 9.71. The molecule has 0 spiro atoms. The lowest BCUT2D eigenvalue weighted by Gasteiger charge is -2.01. The van der Waals surface area contributed by atoms with Crippen molar-refractivity contribution in [2.24, 2.45) is 0 Å². The number of rotatable bonds is 4. The highest BCUT2D eigenvalue weighted by atomic mass is 32.1. The molecule has 0 radical (unpaired) electrons. The predicted molar refractivity (Wildman–Crippen MR) is 79.4 cm³/mol. The van der Waals surface area contributed by atoms with Crippen molar-refractivity contribution in [3.05, 3.63) is 66.2 Å². The van der Waals surface area contributed by atoms with Crippen LogP contribution in [0.1, 0.15) is 12.0 Å². The monoisotopic (exact) mass is 240 g/mol. The molecule has 0 nitrogen and oxygen atoms in total. The van der Waals surface area contributed by atoms with Gasteiger partial charge in [-0.15, -0.1) is 0 Å². The van der Waals surface area contributed by atoms with Gasteiger partial charge in [0.1, 0.15) is 0 Å². The topological polar surface area (TPSA) is 0 Å². The van der Waals surface area contributed by atoms with E-state index in [1.165, 1.54) is 16.7 Å². The molecule has 0 N–H and O–H groups in total. The van der Waals surface area contributed by atoms with Crippen molar-refractivity contribution in [3.8, 4) is 11.1 Å². The minimum Gasteiger partial charge on any atom is -0.179 e. The molecule has 2 rings (SSSR count).